The molecule has 0 saturated carbocycles. The summed E-state index contributed by atoms with van der Waals surface area (Å²) in [5.74, 6) is -1.17. The summed E-state index contributed by atoms with van der Waals surface area (Å²) in [7, 11) is 0. The zero-order chi connectivity index (χ0) is 22.9. The van der Waals surface area contributed by atoms with Crippen LogP contribution < -0.4 is 4.74 Å². The summed E-state index contributed by atoms with van der Waals surface area (Å²) in [5.41, 5.74) is 1.74. The van der Waals surface area contributed by atoms with Crippen molar-refractivity contribution in [2.45, 2.75) is 24.2 Å². The van der Waals surface area contributed by atoms with E-state index in [1.165, 1.54) is 6.07 Å². The Morgan fingerprint density at radius 3 is 2.47 bits per heavy atom. The Bertz CT molecular complexity index is 1010. The monoisotopic (exact) mass is 512 g/mol. The minimum absolute atomic E-state index is 0.00994. The summed E-state index contributed by atoms with van der Waals surface area (Å²) in [4.78, 5) is 13.1. The molecule has 0 aromatic heterocycles. The fourth-order valence-electron chi connectivity index (χ4n) is 4.12. The summed E-state index contributed by atoms with van der Waals surface area (Å²) in [6.45, 7) is 1.98. The third-order valence-corrected chi connectivity index (χ3v) is 6.08. The van der Waals surface area contributed by atoms with Crippen molar-refractivity contribution < 1.29 is 27.6 Å². The number of nitro groups is 1. The van der Waals surface area contributed by atoms with Crippen LogP contribution in [0.15, 0.2) is 59.1 Å². The highest BCUT2D eigenvalue weighted by molar-refractivity contribution is 9.10. The van der Waals surface area contributed by atoms with Gasteiger partial charge in [-0.3, -0.25) is 10.1 Å². The van der Waals surface area contributed by atoms with Gasteiger partial charge in [-0.15, -0.1) is 0 Å². The number of hydrogen-bond acceptors (Lipinski definition) is 5. The smallest absolute Gasteiger partial charge is 0.432 e. The Balaban J connectivity index is 1.90. The number of alkyl halides is 3. The van der Waals surface area contributed by atoms with Gasteiger partial charge in [-0.05, 0) is 29.8 Å². The average molecular weight is 513 g/mol. The van der Waals surface area contributed by atoms with Crippen LogP contribution in [0.5, 0.6) is 5.75 Å². The van der Waals surface area contributed by atoms with Crippen molar-refractivity contribution in [2.75, 3.05) is 26.3 Å². The van der Waals surface area contributed by atoms with Gasteiger partial charge in [0, 0.05) is 33.7 Å². The van der Waals surface area contributed by atoms with Gasteiger partial charge in [0.05, 0.1) is 19.1 Å². The van der Waals surface area contributed by atoms with Crippen molar-refractivity contribution >= 4 is 21.6 Å². The summed E-state index contributed by atoms with van der Waals surface area (Å²) in [5, 5.41) is 12.0. The lowest BCUT2D eigenvalue weighted by Gasteiger charge is -2.36. The van der Waals surface area contributed by atoms with E-state index in [1.807, 2.05) is 35.2 Å². The van der Waals surface area contributed by atoms with Gasteiger partial charge >= 0.3 is 6.18 Å². The number of nitrogens with zero attached hydrogens (tertiary/aromatic N) is 2. The molecule has 3 atom stereocenters. The minimum Gasteiger partial charge on any atom is -0.473 e. The molecule has 10 heteroatoms. The van der Waals surface area contributed by atoms with E-state index >= 15 is 0 Å². The largest absolute Gasteiger partial charge is 0.473 e. The quantitative estimate of drug-likeness (QED) is 0.431. The van der Waals surface area contributed by atoms with Crippen molar-refractivity contribution in [3.63, 3.8) is 0 Å². The maximum atomic E-state index is 13.8. The molecule has 2 aliphatic heterocycles. The van der Waals surface area contributed by atoms with E-state index in [-0.39, 0.29) is 5.75 Å². The molecular formula is C22H20BrF3N2O4. The van der Waals surface area contributed by atoms with Crippen LogP contribution in [-0.2, 0) is 4.74 Å². The van der Waals surface area contributed by atoms with Gasteiger partial charge in [0.1, 0.15) is 5.75 Å². The number of morpholine rings is 1. The summed E-state index contributed by atoms with van der Waals surface area (Å²) >= 11 is 3.32. The van der Waals surface area contributed by atoms with Crippen molar-refractivity contribution in [3.8, 4) is 5.75 Å². The topological polar surface area (TPSA) is 64.8 Å². The van der Waals surface area contributed by atoms with Crippen molar-refractivity contribution in [1.82, 2.24) is 4.90 Å². The van der Waals surface area contributed by atoms with Gasteiger partial charge in [0.15, 0.2) is 0 Å². The number of benzene rings is 2. The summed E-state index contributed by atoms with van der Waals surface area (Å²) in [6.07, 6.45) is -5.88. The van der Waals surface area contributed by atoms with Gasteiger partial charge in [0.25, 0.3) is 12.1 Å². The minimum atomic E-state index is -4.90. The highest BCUT2D eigenvalue weighted by Crippen LogP contribution is 2.45. The Labute approximate surface area is 190 Å². The average Bonchev–Trinajstić information content (AvgIpc) is 2.77. The lowest BCUT2D eigenvalue weighted by Crippen LogP contribution is -2.53. The second kappa shape index (κ2) is 9.11. The molecule has 0 unspecified atom stereocenters. The molecule has 0 amide bonds. The second-order valence-corrected chi connectivity index (χ2v) is 8.50. The molecule has 0 aliphatic carbocycles. The number of hydrogen-bond donors (Lipinski definition) is 0. The molecule has 2 aromatic carbocycles. The van der Waals surface area contributed by atoms with Gasteiger partial charge in [-0.25, -0.2) is 0 Å². The van der Waals surface area contributed by atoms with Crippen LogP contribution in [-0.4, -0.2) is 54.4 Å². The molecule has 170 valence electrons. The lowest BCUT2D eigenvalue weighted by molar-refractivity contribution is -0.546. The van der Waals surface area contributed by atoms with Crippen molar-refractivity contribution in [1.29, 1.82) is 0 Å². The zero-order valence-corrected chi connectivity index (χ0v) is 18.4. The first-order valence-corrected chi connectivity index (χ1v) is 10.8. The fourth-order valence-corrected chi connectivity index (χ4v) is 4.50. The predicted molar refractivity (Wildman–Crippen MR) is 115 cm³/mol. The van der Waals surface area contributed by atoms with Gasteiger partial charge in [0.2, 0.25) is 0 Å². The maximum absolute atomic E-state index is 13.8. The molecule has 32 heavy (non-hydrogen) atoms. The van der Waals surface area contributed by atoms with Gasteiger partial charge < -0.3 is 14.4 Å². The molecule has 2 aliphatic rings. The Kier molecular flexibility index (Phi) is 6.43. The number of ether oxygens (including phenoxy) is 2. The molecule has 1 fully saturated rings. The molecule has 0 N–H and O–H groups in total. The Hall–Kier alpha value is -2.59. The second-order valence-electron chi connectivity index (χ2n) is 7.58. The molecule has 0 bridgehead atoms. The molecule has 1 saturated heterocycles. The third-order valence-electron chi connectivity index (χ3n) is 5.59. The van der Waals surface area contributed by atoms with Crippen LogP contribution in [0.3, 0.4) is 0 Å². The summed E-state index contributed by atoms with van der Waals surface area (Å²) < 4.78 is 52.6. The van der Waals surface area contributed by atoms with Crippen LogP contribution >= 0.6 is 15.9 Å². The van der Waals surface area contributed by atoms with Crippen LogP contribution in [0.1, 0.15) is 17.0 Å². The molecular weight excluding hydrogens is 493 g/mol. The normalized spacial score (nSPS) is 23.9. The van der Waals surface area contributed by atoms with E-state index < -0.39 is 29.2 Å². The van der Waals surface area contributed by atoms with E-state index in [2.05, 4.69) is 15.9 Å². The standard InChI is InChI=1S/C22H20BrF3N2O4/c23-15-6-7-19-16(12-15)17(20(28(29)30)21(32-19)22(24,25)26)13-18(14-4-2-1-3-5-14)27-8-10-31-11-9-27/h1-7,12-13,17,20-21H,8-11H2/b18-13+/t17-,20+,21+/m1/s1. The fraction of sp³-hybridized carbons (Fsp3) is 0.364. The Morgan fingerprint density at radius 1 is 1.16 bits per heavy atom. The first-order valence-electron chi connectivity index (χ1n) is 10.0. The van der Waals surface area contributed by atoms with Gasteiger partial charge in [-0.2, -0.15) is 13.2 Å². The van der Waals surface area contributed by atoms with Crippen LogP contribution in [0, 0.1) is 10.1 Å². The molecule has 0 spiro atoms. The van der Waals surface area contributed by atoms with Crippen molar-refractivity contribution in [3.05, 3.63) is 80.3 Å². The van der Waals surface area contributed by atoms with Crippen LogP contribution in [0.25, 0.3) is 5.70 Å². The first-order chi connectivity index (χ1) is 15.3. The number of rotatable bonds is 4. The molecule has 2 heterocycles. The molecule has 0 radical (unpaired) electrons. The molecule has 4 rings (SSSR count). The third kappa shape index (κ3) is 4.61. The van der Waals surface area contributed by atoms with E-state index in [0.29, 0.717) is 42.0 Å². The van der Waals surface area contributed by atoms with Crippen LogP contribution in [0.4, 0.5) is 13.2 Å². The van der Waals surface area contributed by atoms with E-state index in [4.69, 9.17) is 9.47 Å². The van der Waals surface area contributed by atoms with Crippen molar-refractivity contribution in [2.24, 2.45) is 0 Å². The predicted octanol–water partition coefficient (Wildman–Crippen LogP) is 4.87. The zero-order valence-electron chi connectivity index (χ0n) is 16.8. The number of halogens is 4. The SMILES string of the molecule is O=[N+]([O-])[C@H]1[C@H](/C=C(\c2ccccc2)N2CCOCC2)c2cc(Br)ccc2O[C@@H]1C(F)(F)F. The molecule has 6 nitrogen and oxygen atoms in total. The maximum Gasteiger partial charge on any atom is 0.432 e. The van der Waals surface area contributed by atoms with E-state index in [0.717, 1.165) is 5.56 Å². The Morgan fingerprint density at radius 2 is 1.84 bits per heavy atom. The van der Waals surface area contributed by atoms with E-state index in [1.54, 1.807) is 18.2 Å². The van der Waals surface area contributed by atoms with Crippen LogP contribution in [0.2, 0.25) is 0 Å². The summed E-state index contributed by atoms with van der Waals surface area (Å²) in [6, 6.07) is 11.7. The lowest BCUT2D eigenvalue weighted by atomic mass is 9.83. The number of fused-ring (bicyclic) bond motifs is 1. The van der Waals surface area contributed by atoms with Gasteiger partial charge in [-0.1, -0.05) is 46.3 Å². The molecule has 2 aromatic rings. The highest BCUT2D eigenvalue weighted by atomic mass is 79.9. The first kappa shape index (κ1) is 22.6. The van der Waals surface area contributed by atoms with E-state index in [9.17, 15) is 23.3 Å². The highest BCUT2D eigenvalue weighted by Gasteiger charge is 2.58.